The Morgan fingerprint density at radius 3 is 2.86 bits per heavy atom. The minimum absolute atomic E-state index is 0.141. The van der Waals surface area contributed by atoms with Crippen LogP contribution in [0.25, 0.3) is 0 Å². The van der Waals surface area contributed by atoms with Gasteiger partial charge in [0.15, 0.2) is 5.03 Å². The van der Waals surface area contributed by atoms with Crippen molar-refractivity contribution in [1.82, 2.24) is 13.9 Å². The fourth-order valence-corrected chi connectivity index (χ4v) is 4.02. The summed E-state index contributed by atoms with van der Waals surface area (Å²) in [6.45, 7) is 0.587. The van der Waals surface area contributed by atoms with E-state index < -0.39 is 10.0 Å². The molecular formula is C7H11N3O2S2. The van der Waals surface area contributed by atoms with Gasteiger partial charge in [0.25, 0.3) is 10.0 Å². The summed E-state index contributed by atoms with van der Waals surface area (Å²) in [5, 5.41) is 0.141. The van der Waals surface area contributed by atoms with E-state index in [0.717, 1.165) is 5.75 Å². The van der Waals surface area contributed by atoms with E-state index in [1.54, 1.807) is 23.4 Å². The molecule has 0 unspecified atom stereocenters. The van der Waals surface area contributed by atoms with Crippen molar-refractivity contribution in [2.45, 2.75) is 5.03 Å². The van der Waals surface area contributed by atoms with Crippen LogP contribution < -0.4 is 0 Å². The van der Waals surface area contributed by atoms with Gasteiger partial charge < -0.3 is 4.57 Å². The summed E-state index contributed by atoms with van der Waals surface area (Å²) in [4.78, 5) is 3.86. The summed E-state index contributed by atoms with van der Waals surface area (Å²) in [5.74, 6) is 1.41. The first kappa shape index (κ1) is 10.0. The summed E-state index contributed by atoms with van der Waals surface area (Å²) in [6, 6.07) is 0. The van der Waals surface area contributed by atoms with E-state index in [-0.39, 0.29) is 5.03 Å². The third-order valence-electron chi connectivity index (χ3n) is 2.01. The van der Waals surface area contributed by atoms with Crippen LogP contribution in [0.3, 0.4) is 0 Å². The van der Waals surface area contributed by atoms with Crippen molar-refractivity contribution in [3.05, 3.63) is 12.5 Å². The Labute approximate surface area is 87.2 Å². The quantitative estimate of drug-likeness (QED) is 0.728. The normalized spacial score (nSPS) is 18.9. The van der Waals surface area contributed by atoms with Gasteiger partial charge in [0.1, 0.15) is 0 Å². The van der Waals surface area contributed by atoms with E-state index in [1.165, 1.54) is 16.8 Å². The lowest BCUT2D eigenvalue weighted by Crippen LogP contribution is -2.28. The van der Waals surface area contributed by atoms with Crippen LogP contribution in [-0.2, 0) is 17.1 Å². The van der Waals surface area contributed by atoms with E-state index in [9.17, 15) is 8.42 Å². The first-order valence-electron chi connectivity index (χ1n) is 4.16. The molecule has 0 amide bonds. The SMILES string of the molecule is Cn1cnc(S(=O)(=O)N2CCSC2)c1. The highest BCUT2D eigenvalue weighted by molar-refractivity contribution is 8.00. The maximum absolute atomic E-state index is 11.9. The minimum Gasteiger partial charge on any atom is -0.339 e. The van der Waals surface area contributed by atoms with Crippen LogP contribution in [0.5, 0.6) is 0 Å². The highest BCUT2D eigenvalue weighted by atomic mass is 32.2. The summed E-state index contributed by atoms with van der Waals surface area (Å²) in [7, 11) is -1.58. The summed E-state index contributed by atoms with van der Waals surface area (Å²) >= 11 is 1.62. The van der Waals surface area contributed by atoms with Gasteiger partial charge in [-0.15, -0.1) is 11.8 Å². The predicted octanol–water partition coefficient (Wildman–Crippen LogP) is 0.115. The van der Waals surface area contributed by atoms with Crippen LogP contribution in [0.4, 0.5) is 0 Å². The topological polar surface area (TPSA) is 55.2 Å². The van der Waals surface area contributed by atoms with Crippen LogP contribution in [-0.4, -0.2) is 40.4 Å². The average molecular weight is 233 g/mol. The van der Waals surface area contributed by atoms with Gasteiger partial charge in [-0.1, -0.05) is 0 Å². The highest BCUT2D eigenvalue weighted by Gasteiger charge is 2.29. The second kappa shape index (κ2) is 3.56. The van der Waals surface area contributed by atoms with Crippen LogP contribution in [0, 0.1) is 0 Å². The van der Waals surface area contributed by atoms with Crippen LogP contribution in [0.1, 0.15) is 0 Å². The number of aryl methyl sites for hydroxylation is 1. The Balaban J connectivity index is 2.32. The molecule has 0 aromatic carbocycles. The molecule has 0 spiro atoms. The number of nitrogens with zero attached hydrogens (tertiary/aromatic N) is 3. The first-order chi connectivity index (χ1) is 6.60. The molecule has 0 radical (unpaired) electrons. The third-order valence-corrected chi connectivity index (χ3v) is 4.87. The van der Waals surface area contributed by atoms with Crippen molar-refractivity contribution in [1.29, 1.82) is 0 Å². The smallest absolute Gasteiger partial charge is 0.262 e. The molecule has 2 heterocycles. The number of hydrogen-bond acceptors (Lipinski definition) is 4. The van der Waals surface area contributed by atoms with Gasteiger partial charge in [-0.25, -0.2) is 13.4 Å². The molecule has 1 aliphatic heterocycles. The Hall–Kier alpha value is -0.530. The maximum atomic E-state index is 11.9. The molecule has 1 fully saturated rings. The lowest BCUT2D eigenvalue weighted by Gasteiger charge is -2.11. The molecule has 0 atom stereocenters. The van der Waals surface area contributed by atoms with E-state index >= 15 is 0 Å². The Bertz CT molecular complexity index is 420. The molecule has 0 aliphatic carbocycles. The van der Waals surface area contributed by atoms with Crippen LogP contribution in [0.2, 0.25) is 0 Å². The second-order valence-corrected chi connectivity index (χ2v) is 6.05. The molecule has 1 saturated heterocycles. The first-order valence-corrected chi connectivity index (χ1v) is 6.76. The average Bonchev–Trinajstić information content (AvgIpc) is 2.72. The number of rotatable bonds is 2. The number of imidazole rings is 1. The molecule has 0 N–H and O–H groups in total. The van der Waals surface area contributed by atoms with Crippen molar-refractivity contribution in [2.75, 3.05) is 18.2 Å². The summed E-state index contributed by atoms with van der Waals surface area (Å²) in [6.07, 6.45) is 3.02. The third kappa shape index (κ3) is 1.67. The van der Waals surface area contributed by atoms with Gasteiger partial charge >= 0.3 is 0 Å². The lowest BCUT2D eigenvalue weighted by atomic mass is 10.8. The molecule has 78 valence electrons. The predicted molar refractivity (Wildman–Crippen MR) is 54.4 cm³/mol. The van der Waals surface area contributed by atoms with Crippen molar-refractivity contribution >= 4 is 21.8 Å². The maximum Gasteiger partial charge on any atom is 0.262 e. The zero-order valence-corrected chi connectivity index (χ0v) is 9.38. The molecule has 2 rings (SSSR count). The van der Waals surface area contributed by atoms with E-state index in [2.05, 4.69) is 4.98 Å². The number of thioether (sulfide) groups is 1. The standard InChI is InChI=1S/C7H11N3O2S2/c1-9-4-7(8-5-9)14(11,12)10-2-3-13-6-10/h4-5H,2-3,6H2,1H3. The van der Waals surface area contributed by atoms with Crippen molar-refractivity contribution < 1.29 is 8.42 Å². The van der Waals surface area contributed by atoms with Gasteiger partial charge in [-0.3, -0.25) is 0 Å². The van der Waals surface area contributed by atoms with Gasteiger partial charge in [0.2, 0.25) is 0 Å². The van der Waals surface area contributed by atoms with Crippen molar-refractivity contribution in [2.24, 2.45) is 7.05 Å². The van der Waals surface area contributed by atoms with E-state index in [4.69, 9.17) is 0 Å². The largest absolute Gasteiger partial charge is 0.339 e. The fourth-order valence-electron chi connectivity index (χ4n) is 1.24. The van der Waals surface area contributed by atoms with Crippen LogP contribution in [0.15, 0.2) is 17.6 Å². The Morgan fingerprint density at radius 1 is 1.57 bits per heavy atom. The zero-order chi connectivity index (χ0) is 10.2. The number of hydrogen-bond donors (Lipinski definition) is 0. The summed E-state index contributed by atoms with van der Waals surface area (Å²) in [5.41, 5.74) is 0. The van der Waals surface area contributed by atoms with Gasteiger partial charge in [-0.05, 0) is 0 Å². The highest BCUT2D eigenvalue weighted by Crippen LogP contribution is 2.21. The lowest BCUT2D eigenvalue weighted by molar-refractivity contribution is 0.486. The van der Waals surface area contributed by atoms with Crippen LogP contribution >= 0.6 is 11.8 Å². The molecular weight excluding hydrogens is 222 g/mol. The molecule has 1 aromatic heterocycles. The molecule has 5 nitrogen and oxygen atoms in total. The van der Waals surface area contributed by atoms with Crippen molar-refractivity contribution in [3.63, 3.8) is 0 Å². The molecule has 1 aromatic rings. The summed E-state index contributed by atoms with van der Waals surface area (Å²) < 4.78 is 26.9. The number of sulfonamides is 1. The minimum atomic E-state index is -3.34. The Kier molecular flexibility index (Phi) is 2.54. The van der Waals surface area contributed by atoms with Gasteiger partial charge in [-0.2, -0.15) is 4.31 Å². The molecule has 0 bridgehead atoms. The van der Waals surface area contributed by atoms with Crippen molar-refractivity contribution in [3.8, 4) is 0 Å². The molecule has 1 aliphatic rings. The van der Waals surface area contributed by atoms with E-state index in [1.807, 2.05) is 0 Å². The van der Waals surface area contributed by atoms with Gasteiger partial charge in [0.05, 0.1) is 12.2 Å². The molecule has 14 heavy (non-hydrogen) atoms. The Morgan fingerprint density at radius 2 is 2.36 bits per heavy atom. The molecule has 0 saturated carbocycles. The fraction of sp³-hybridized carbons (Fsp3) is 0.571. The number of aromatic nitrogens is 2. The van der Waals surface area contributed by atoms with E-state index in [0.29, 0.717) is 12.4 Å². The second-order valence-electron chi connectivity index (χ2n) is 3.10. The zero-order valence-electron chi connectivity index (χ0n) is 7.75. The van der Waals surface area contributed by atoms with Gasteiger partial charge in [0, 0.05) is 25.5 Å². The monoisotopic (exact) mass is 233 g/mol. The molecule has 7 heteroatoms.